The lowest BCUT2D eigenvalue weighted by Gasteiger charge is -2.37. The highest BCUT2D eigenvalue weighted by Crippen LogP contribution is 2.29. The summed E-state index contributed by atoms with van der Waals surface area (Å²) < 4.78 is 10.9. The molecule has 0 N–H and O–H groups in total. The van der Waals surface area contributed by atoms with E-state index in [9.17, 15) is 4.79 Å². The minimum absolute atomic E-state index is 0.0663. The van der Waals surface area contributed by atoms with Gasteiger partial charge in [-0.15, -0.1) is 0 Å². The van der Waals surface area contributed by atoms with E-state index in [0.29, 0.717) is 13.0 Å². The van der Waals surface area contributed by atoms with E-state index in [-0.39, 0.29) is 12.1 Å². The number of ether oxygens (including phenoxy) is 2. The maximum atomic E-state index is 11.3. The Labute approximate surface area is 158 Å². The van der Waals surface area contributed by atoms with Crippen molar-refractivity contribution in [3.63, 3.8) is 0 Å². The number of esters is 1. The quantitative estimate of drug-likeness (QED) is 0.469. The van der Waals surface area contributed by atoms with Gasteiger partial charge in [0.1, 0.15) is 5.75 Å². The normalized spacial score (nSPS) is 15.3. The fraction of sp³-hybridized carbons (Fsp3) is 0.667. The van der Waals surface area contributed by atoms with Gasteiger partial charge in [-0.1, -0.05) is 18.6 Å². The molecule has 146 valence electrons. The molecule has 2 rings (SSSR count). The summed E-state index contributed by atoms with van der Waals surface area (Å²) in [5.41, 5.74) is 1.20. The number of para-hydroxylation sites is 2. The number of carbonyl (C=O) groups excluding carboxylic acids is 1. The Morgan fingerprint density at radius 2 is 1.81 bits per heavy atom. The molecular formula is C21H34N2O3. The van der Waals surface area contributed by atoms with Gasteiger partial charge in [0.2, 0.25) is 0 Å². The minimum atomic E-state index is -0.0663. The van der Waals surface area contributed by atoms with E-state index in [1.165, 1.54) is 5.69 Å². The Morgan fingerprint density at radius 1 is 1.08 bits per heavy atom. The maximum Gasteiger partial charge on any atom is 0.305 e. The standard InChI is InChI=1S/C21H34N2O3/c1-4-25-21(24)12-6-5-9-13-22-14-16-23(17-15-22)19-10-7-8-11-20(19)26-18(2)3/h7-8,10-11,18H,4-6,9,12-17H2,1-3H3. The number of hydrogen-bond acceptors (Lipinski definition) is 5. The van der Waals surface area contributed by atoms with E-state index in [0.717, 1.165) is 57.7 Å². The fourth-order valence-corrected chi connectivity index (χ4v) is 3.30. The lowest BCUT2D eigenvalue weighted by molar-refractivity contribution is -0.143. The van der Waals surface area contributed by atoms with Gasteiger partial charge in [-0.3, -0.25) is 9.69 Å². The molecule has 26 heavy (non-hydrogen) atoms. The van der Waals surface area contributed by atoms with Gasteiger partial charge in [0.05, 0.1) is 18.4 Å². The first-order chi connectivity index (χ1) is 12.6. The van der Waals surface area contributed by atoms with E-state index in [2.05, 4.69) is 41.8 Å². The zero-order chi connectivity index (χ0) is 18.8. The molecule has 5 heteroatoms. The molecule has 0 atom stereocenters. The molecule has 0 unspecified atom stereocenters. The summed E-state index contributed by atoms with van der Waals surface area (Å²) in [7, 11) is 0. The molecule has 5 nitrogen and oxygen atoms in total. The van der Waals surface area contributed by atoms with Crippen LogP contribution in [0.4, 0.5) is 5.69 Å². The third-order valence-corrected chi connectivity index (χ3v) is 4.60. The molecule has 1 fully saturated rings. The summed E-state index contributed by atoms with van der Waals surface area (Å²) in [6.45, 7) is 11.8. The van der Waals surface area contributed by atoms with E-state index in [1.54, 1.807) is 0 Å². The Kier molecular flexibility index (Phi) is 8.75. The molecule has 0 spiro atoms. The van der Waals surface area contributed by atoms with Crippen molar-refractivity contribution in [2.45, 2.75) is 52.6 Å². The molecule has 1 saturated heterocycles. The van der Waals surface area contributed by atoms with Crippen LogP contribution in [0.2, 0.25) is 0 Å². The largest absolute Gasteiger partial charge is 0.489 e. The van der Waals surface area contributed by atoms with Gasteiger partial charge >= 0.3 is 5.97 Å². The molecule has 1 aliphatic heterocycles. The van der Waals surface area contributed by atoms with Crippen LogP contribution in [0.25, 0.3) is 0 Å². The van der Waals surface area contributed by atoms with Crippen molar-refractivity contribution in [2.24, 2.45) is 0 Å². The van der Waals surface area contributed by atoms with Crippen molar-refractivity contribution < 1.29 is 14.3 Å². The Bertz CT molecular complexity index is 540. The average Bonchev–Trinajstić information content (AvgIpc) is 2.62. The predicted molar refractivity (Wildman–Crippen MR) is 106 cm³/mol. The van der Waals surface area contributed by atoms with Gasteiger partial charge in [0.15, 0.2) is 0 Å². The molecule has 0 bridgehead atoms. The SMILES string of the molecule is CCOC(=O)CCCCCN1CCN(c2ccccc2OC(C)C)CC1. The third-order valence-electron chi connectivity index (χ3n) is 4.60. The summed E-state index contributed by atoms with van der Waals surface area (Å²) in [5.74, 6) is 0.915. The highest BCUT2D eigenvalue weighted by atomic mass is 16.5. The number of nitrogens with zero attached hydrogens (tertiary/aromatic N) is 2. The highest BCUT2D eigenvalue weighted by molar-refractivity contribution is 5.69. The van der Waals surface area contributed by atoms with Gasteiger partial charge in [-0.05, 0) is 52.3 Å². The Hall–Kier alpha value is -1.75. The van der Waals surface area contributed by atoms with Crippen LogP contribution in [0, 0.1) is 0 Å². The zero-order valence-corrected chi connectivity index (χ0v) is 16.6. The second-order valence-electron chi connectivity index (χ2n) is 7.08. The van der Waals surface area contributed by atoms with E-state index in [4.69, 9.17) is 9.47 Å². The van der Waals surface area contributed by atoms with E-state index in [1.807, 2.05) is 13.0 Å². The summed E-state index contributed by atoms with van der Waals surface area (Å²) in [6, 6.07) is 8.33. The summed E-state index contributed by atoms with van der Waals surface area (Å²) in [6.07, 6.45) is 3.90. The van der Waals surface area contributed by atoms with Crippen LogP contribution >= 0.6 is 0 Å². The van der Waals surface area contributed by atoms with Gasteiger partial charge in [0.25, 0.3) is 0 Å². The van der Waals surface area contributed by atoms with Crippen LogP contribution in [0.3, 0.4) is 0 Å². The molecule has 1 aromatic rings. The van der Waals surface area contributed by atoms with Crippen LogP contribution in [0.15, 0.2) is 24.3 Å². The lowest BCUT2D eigenvalue weighted by Crippen LogP contribution is -2.46. The van der Waals surface area contributed by atoms with Gasteiger partial charge < -0.3 is 14.4 Å². The van der Waals surface area contributed by atoms with Gasteiger partial charge in [-0.2, -0.15) is 0 Å². The first-order valence-corrected chi connectivity index (χ1v) is 9.98. The molecule has 1 aromatic carbocycles. The van der Waals surface area contributed by atoms with Crippen molar-refractivity contribution in [1.82, 2.24) is 4.90 Å². The summed E-state index contributed by atoms with van der Waals surface area (Å²) >= 11 is 0. The monoisotopic (exact) mass is 362 g/mol. The van der Waals surface area contributed by atoms with Gasteiger partial charge in [-0.25, -0.2) is 0 Å². The Balaban J connectivity index is 1.69. The van der Waals surface area contributed by atoms with Crippen LogP contribution in [0.1, 0.15) is 46.5 Å². The Morgan fingerprint density at radius 3 is 2.50 bits per heavy atom. The zero-order valence-electron chi connectivity index (χ0n) is 16.6. The van der Waals surface area contributed by atoms with Crippen LogP contribution < -0.4 is 9.64 Å². The second-order valence-corrected chi connectivity index (χ2v) is 7.08. The van der Waals surface area contributed by atoms with Crippen LogP contribution in [-0.4, -0.2) is 56.3 Å². The van der Waals surface area contributed by atoms with Crippen LogP contribution in [0.5, 0.6) is 5.75 Å². The van der Waals surface area contributed by atoms with Crippen molar-refractivity contribution in [3.05, 3.63) is 24.3 Å². The van der Waals surface area contributed by atoms with Crippen molar-refractivity contribution >= 4 is 11.7 Å². The molecule has 0 radical (unpaired) electrons. The van der Waals surface area contributed by atoms with Gasteiger partial charge in [0, 0.05) is 32.6 Å². The van der Waals surface area contributed by atoms with Crippen molar-refractivity contribution in [3.8, 4) is 5.75 Å². The minimum Gasteiger partial charge on any atom is -0.489 e. The first-order valence-electron chi connectivity index (χ1n) is 9.98. The van der Waals surface area contributed by atoms with Crippen LogP contribution in [-0.2, 0) is 9.53 Å². The molecular weight excluding hydrogens is 328 g/mol. The molecule has 1 aliphatic rings. The lowest BCUT2D eigenvalue weighted by atomic mass is 10.1. The average molecular weight is 363 g/mol. The van der Waals surface area contributed by atoms with Crippen molar-refractivity contribution in [2.75, 3.05) is 44.2 Å². The summed E-state index contributed by atoms with van der Waals surface area (Å²) in [4.78, 5) is 16.3. The topological polar surface area (TPSA) is 42.0 Å². The highest BCUT2D eigenvalue weighted by Gasteiger charge is 2.19. The third kappa shape index (κ3) is 6.87. The molecule has 0 aliphatic carbocycles. The molecule has 0 amide bonds. The number of rotatable bonds is 10. The van der Waals surface area contributed by atoms with Crippen molar-refractivity contribution in [1.29, 1.82) is 0 Å². The number of piperazine rings is 1. The number of benzene rings is 1. The first kappa shape index (κ1) is 20.6. The molecule has 1 heterocycles. The molecule has 0 saturated carbocycles. The smallest absolute Gasteiger partial charge is 0.305 e. The van der Waals surface area contributed by atoms with E-state index >= 15 is 0 Å². The maximum absolute atomic E-state index is 11.3. The second kappa shape index (κ2) is 11.1. The predicted octanol–water partition coefficient (Wildman–Crippen LogP) is 3.72. The summed E-state index contributed by atoms with van der Waals surface area (Å²) in [5, 5.41) is 0. The number of hydrogen-bond donors (Lipinski definition) is 0. The number of anilines is 1. The van der Waals surface area contributed by atoms with E-state index < -0.39 is 0 Å². The number of unbranched alkanes of at least 4 members (excludes halogenated alkanes) is 2. The number of carbonyl (C=O) groups is 1. The molecule has 0 aromatic heterocycles. The fourth-order valence-electron chi connectivity index (χ4n) is 3.30.